The van der Waals surface area contributed by atoms with Crippen molar-refractivity contribution in [1.82, 2.24) is 20.1 Å². The van der Waals surface area contributed by atoms with Crippen molar-refractivity contribution in [3.05, 3.63) is 46.2 Å². The van der Waals surface area contributed by atoms with Gasteiger partial charge in [0.05, 0.1) is 28.6 Å². The summed E-state index contributed by atoms with van der Waals surface area (Å²) >= 11 is 3.45. The number of pyridine rings is 1. The Balaban J connectivity index is 2.50. The van der Waals surface area contributed by atoms with E-state index in [-0.39, 0.29) is 11.9 Å². The Labute approximate surface area is 113 Å². The number of halogens is 2. The van der Waals surface area contributed by atoms with E-state index in [1.807, 2.05) is 14.0 Å². The zero-order chi connectivity index (χ0) is 13.1. The van der Waals surface area contributed by atoms with Gasteiger partial charge in [-0.3, -0.25) is 9.67 Å². The zero-order valence-electron chi connectivity index (χ0n) is 10.2. The molecule has 0 radical (unpaired) electrons. The van der Waals surface area contributed by atoms with Gasteiger partial charge >= 0.3 is 0 Å². The first-order valence-electron chi connectivity index (χ1n) is 5.65. The Morgan fingerprint density at radius 3 is 2.83 bits per heavy atom. The van der Waals surface area contributed by atoms with E-state index in [1.54, 1.807) is 23.1 Å². The number of aromatic nitrogens is 3. The molecule has 4 nitrogen and oxygen atoms in total. The summed E-state index contributed by atoms with van der Waals surface area (Å²) in [5, 5.41) is 7.43. The highest BCUT2D eigenvalue weighted by atomic mass is 79.9. The summed E-state index contributed by atoms with van der Waals surface area (Å²) in [6.07, 6.45) is 4.52. The zero-order valence-corrected chi connectivity index (χ0v) is 11.8. The maximum Gasteiger partial charge on any atom is 0.146 e. The highest BCUT2D eigenvalue weighted by Gasteiger charge is 2.22. The number of aryl methyl sites for hydroxylation is 1. The van der Waals surface area contributed by atoms with Gasteiger partial charge in [0.15, 0.2) is 0 Å². The highest BCUT2D eigenvalue weighted by molar-refractivity contribution is 9.10. The molecule has 0 fully saturated rings. The summed E-state index contributed by atoms with van der Waals surface area (Å²) < 4.78 is 16.5. The van der Waals surface area contributed by atoms with Gasteiger partial charge in [0.25, 0.3) is 0 Å². The van der Waals surface area contributed by atoms with Crippen LogP contribution in [0.3, 0.4) is 0 Å². The van der Waals surface area contributed by atoms with Crippen molar-refractivity contribution < 1.29 is 4.39 Å². The first kappa shape index (κ1) is 13.2. The van der Waals surface area contributed by atoms with Gasteiger partial charge < -0.3 is 5.32 Å². The van der Waals surface area contributed by atoms with Gasteiger partial charge in [0, 0.05) is 18.8 Å². The second kappa shape index (κ2) is 5.58. The lowest BCUT2D eigenvalue weighted by Crippen LogP contribution is -2.25. The van der Waals surface area contributed by atoms with Crippen LogP contribution in [0.1, 0.15) is 24.2 Å². The molecule has 0 saturated carbocycles. The molecule has 1 unspecified atom stereocenters. The van der Waals surface area contributed by atoms with Crippen LogP contribution in [-0.2, 0) is 7.05 Å². The summed E-state index contributed by atoms with van der Waals surface area (Å²) in [7, 11) is 1.84. The molecule has 0 amide bonds. The molecule has 0 bridgehead atoms. The summed E-state index contributed by atoms with van der Waals surface area (Å²) in [5.74, 6) is -0.323. The lowest BCUT2D eigenvalue weighted by Gasteiger charge is -2.19. The molecule has 2 rings (SSSR count). The minimum atomic E-state index is -0.323. The summed E-state index contributed by atoms with van der Waals surface area (Å²) in [4.78, 5) is 3.78. The van der Waals surface area contributed by atoms with Crippen molar-refractivity contribution in [2.75, 3.05) is 6.54 Å². The standard InChI is InChI=1S/C12H14BrFN4/c1-3-16-11(8-4-5-15-7-10(8)14)12-9(13)6-17-18(12)2/h4-7,11,16H,3H2,1-2H3. The maximum atomic E-state index is 13.9. The van der Waals surface area contributed by atoms with Crippen molar-refractivity contribution in [3.8, 4) is 0 Å². The molecule has 2 aromatic rings. The first-order chi connectivity index (χ1) is 8.65. The topological polar surface area (TPSA) is 42.7 Å². The monoisotopic (exact) mass is 312 g/mol. The Morgan fingerprint density at radius 2 is 2.28 bits per heavy atom. The number of hydrogen-bond donors (Lipinski definition) is 1. The number of rotatable bonds is 4. The van der Waals surface area contributed by atoms with Crippen LogP contribution in [0, 0.1) is 5.82 Å². The van der Waals surface area contributed by atoms with Crippen molar-refractivity contribution in [1.29, 1.82) is 0 Å². The molecule has 18 heavy (non-hydrogen) atoms. The maximum absolute atomic E-state index is 13.9. The Morgan fingerprint density at radius 1 is 1.50 bits per heavy atom. The predicted octanol–water partition coefficient (Wildman–Crippen LogP) is 2.42. The number of nitrogens with one attached hydrogen (secondary N) is 1. The molecule has 96 valence electrons. The molecular weight excluding hydrogens is 299 g/mol. The van der Waals surface area contributed by atoms with Gasteiger partial charge in [-0.15, -0.1) is 0 Å². The summed E-state index contributed by atoms with van der Waals surface area (Å²) in [6.45, 7) is 2.71. The second-order valence-electron chi connectivity index (χ2n) is 3.89. The average Bonchev–Trinajstić information content (AvgIpc) is 2.68. The molecule has 0 spiro atoms. The largest absolute Gasteiger partial charge is 0.305 e. The van der Waals surface area contributed by atoms with Crippen molar-refractivity contribution >= 4 is 15.9 Å². The predicted molar refractivity (Wildman–Crippen MR) is 70.6 cm³/mol. The average molecular weight is 313 g/mol. The fraction of sp³-hybridized carbons (Fsp3) is 0.333. The van der Waals surface area contributed by atoms with Gasteiger partial charge in [-0.25, -0.2) is 4.39 Å². The molecule has 2 heterocycles. The van der Waals surface area contributed by atoms with Crippen molar-refractivity contribution in [2.45, 2.75) is 13.0 Å². The summed E-state index contributed by atoms with van der Waals surface area (Å²) in [6, 6.07) is 1.43. The van der Waals surface area contributed by atoms with Gasteiger partial charge in [-0.2, -0.15) is 5.10 Å². The van der Waals surface area contributed by atoms with Gasteiger partial charge in [-0.1, -0.05) is 6.92 Å². The Hall–Kier alpha value is -1.27. The Kier molecular flexibility index (Phi) is 4.08. The molecule has 1 atom stereocenters. The van der Waals surface area contributed by atoms with Crippen LogP contribution in [0.5, 0.6) is 0 Å². The molecular formula is C12H14BrFN4. The van der Waals surface area contributed by atoms with E-state index in [1.165, 1.54) is 6.20 Å². The van der Waals surface area contributed by atoms with E-state index in [0.717, 1.165) is 16.7 Å². The van der Waals surface area contributed by atoms with Gasteiger partial charge in [0.2, 0.25) is 0 Å². The quantitative estimate of drug-likeness (QED) is 0.943. The van der Waals surface area contributed by atoms with Crippen LogP contribution in [0.2, 0.25) is 0 Å². The van der Waals surface area contributed by atoms with Crippen LogP contribution >= 0.6 is 15.9 Å². The molecule has 0 aliphatic carbocycles. The van der Waals surface area contributed by atoms with Crippen molar-refractivity contribution in [2.24, 2.45) is 7.05 Å². The lowest BCUT2D eigenvalue weighted by molar-refractivity contribution is 0.528. The summed E-state index contributed by atoms with van der Waals surface area (Å²) in [5.41, 5.74) is 1.46. The molecule has 0 aliphatic heterocycles. The fourth-order valence-electron chi connectivity index (χ4n) is 1.92. The van der Waals surface area contributed by atoms with E-state index in [2.05, 4.69) is 31.3 Å². The smallest absolute Gasteiger partial charge is 0.146 e. The normalized spacial score (nSPS) is 12.7. The third kappa shape index (κ3) is 2.44. The van der Waals surface area contributed by atoms with Gasteiger partial charge in [-0.05, 0) is 28.5 Å². The molecule has 0 saturated heterocycles. The van der Waals surface area contributed by atoms with E-state index < -0.39 is 0 Å². The van der Waals surface area contributed by atoms with Crippen LogP contribution in [0.4, 0.5) is 4.39 Å². The second-order valence-corrected chi connectivity index (χ2v) is 4.74. The van der Waals surface area contributed by atoms with Crippen molar-refractivity contribution in [3.63, 3.8) is 0 Å². The minimum Gasteiger partial charge on any atom is -0.305 e. The number of hydrogen-bond acceptors (Lipinski definition) is 3. The van der Waals surface area contributed by atoms with E-state index in [0.29, 0.717) is 5.56 Å². The molecule has 0 aromatic carbocycles. The van der Waals surface area contributed by atoms with Crippen LogP contribution < -0.4 is 5.32 Å². The third-order valence-corrected chi connectivity index (χ3v) is 3.35. The van der Waals surface area contributed by atoms with E-state index in [4.69, 9.17) is 0 Å². The minimum absolute atomic E-state index is 0.250. The molecule has 0 aliphatic rings. The fourth-order valence-corrected chi connectivity index (χ4v) is 2.50. The molecule has 2 aromatic heterocycles. The SMILES string of the molecule is CCNC(c1ccncc1F)c1c(Br)cnn1C. The van der Waals surface area contributed by atoms with E-state index in [9.17, 15) is 4.39 Å². The van der Waals surface area contributed by atoms with Crippen LogP contribution in [0.25, 0.3) is 0 Å². The highest BCUT2D eigenvalue weighted by Crippen LogP contribution is 2.29. The van der Waals surface area contributed by atoms with Crippen LogP contribution in [0.15, 0.2) is 29.1 Å². The number of nitrogens with zero attached hydrogens (tertiary/aromatic N) is 3. The molecule has 6 heteroatoms. The van der Waals surface area contributed by atoms with Gasteiger partial charge in [0.1, 0.15) is 5.82 Å². The Bertz CT molecular complexity index is 521. The first-order valence-corrected chi connectivity index (χ1v) is 6.44. The molecule has 1 N–H and O–H groups in total. The lowest BCUT2D eigenvalue weighted by atomic mass is 10.0. The van der Waals surface area contributed by atoms with Crippen LogP contribution in [-0.4, -0.2) is 21.3 Å². The van der Waals surface area contributed by atoms with E-state index >= 15 is 0 Å². The third-order valence-electron chi connectivity index (χ3n) is 2.73.